The first-order chi connectivity index (χ1) is 20.3. The van der Waals surface area contributed by atoms with Crippen molar-refractivity contribution in [3.63, 3.8) is 0 Å². The highest BCUT2D eigenvalue weighted by molar-refractivity contribution is 7.12. The SMILES string of the molecule is CC=CC(=NOC(C)=O)c1ccc2c(c1)c1cc(C(=O)c3cccs3)ccc1n2-c1ccc(C(C)=NOC(C)=O)cc1. The van der Waals surface area contributed by atoms with Crippen molar-refractivity contribution in [2.24, 2.45) is 10.3 Å². The van der Waals surface area contributed by atoms with Gasteiger partial charge in [0.25, 0.3) is 0 Å². The summed E-state index contributed by atoms with van der Waals surface area (Å²) in [6.45, 7) is 6.23. The first kappa shape index (κ1) is 28.4. The zero-order valence-corrected chi connectivity index (χ0v) is 24.3. The fourth-order valence-corrected chi connectivity index (χ4v) is 5.33. The number of thiophene rings is 1. The number of allylic oxidation sites excluding steroid dienone is 2. The van der Waals surface area contributed by atoms with E-state index in [2.05, 4.69) is 14.9 Å². The van der Waals surface area contributed by atoms with Gasteiger partial charge in [0.05, 0.1) is 21.6 Å². The first-order valence-corrected chi connectivity index (χ1v) is 14.0. The average Bonchev–Trinajstić information content (AvgIpc) is 3.64. The second-order valence-corrected chi connectivity index (χ2v) is 10.4. The highest BCUT2D eigenvalue weighted by Crippen LogP contribution is 2.34. The minimum absolute atomic E-state index is 0.0399. The second kappa shape index (κ2) is 12.2. The van der Waals surface area contributed by atoms with Gasteiger partial charge in [-0.2, -0.15) is 0 Å². The van der Waals surface area contributed by atoms with Gasteiger partial charge in [-0.1, -0.05) is 40.7 Å². The van der Waals surface area contributed by atoms with Crippen molar-refractivity contribution in [1.29, 1.82) is 0 Å². The summed E-state index contributed by atoms with van der Waals surface area (Å²) in [5.74, 6) is -1.03. The first-order valence-electron chi connectivity index (χ1n) is 13.1. The molecule has 0 N–H and O–H groups in total. The molecule has 0 aliphatic heterocycles. The van der Waals surface area contributed by atoms with Crippen LogP contribution < -0.4 is 0 Å². The molecular weight excluding hydrogens is 550 g/mol. The highest BCUT2D eigenvalue weighted by Gasteiger charge is 2.18. The molecule has 0 saturated carbocycles. The molecule has 210 valence electrons. The minimum atomic E-state index is -0.511. The molecule has 42 heavy (non-hydrogen) atoms. The molecule has 0 unspecified atom stereocenters. The van der Waals surface area contributed by atoms with Gasteiger partial charge in [0.1, 0.15) is 5.71 Å². The molecule has 2 aromatic heterocycles. The van der Waals surface area contributed by atoms with Gasteiger partial charge < -0.3 is 14.2 Å². The van der Waals surface area contributed by atoms with E-state index in [1.807, 2.05) is 91.2 Å². The van der Waals surface area contributed by atoms with Crippen LogP contribution in [0.4, 0.5) is 0 Å². The Kier molecular flexibility index (Phi) is 8.21. The number of benzene rings is 3. The van der Waals surface area contributed by atoms with E-state index in [1.54, 1.807) is 13.0 Å². The Bertz CT molecular complexity index is 1910. The Balaban J connectivity index is 1.69. The number of aromatic nitrogens is 1. The van der Waals surface area contributed by atoms with Gasteiger partial charge in [-0.15, -0.1) is 11.3 Å². The molecule has 0 aliphatic carbocycles. The fraction of sp³-hybridized carbons (Fsp3) is 0.121. The van der Waals surface area contributed by atoms with Crippen molar-refractivity contribution in [3.8, 4) is 5.69 Å². The Morgan fingerprint density at radius 1 is 0.762 bits per heavy atom. The topological polar surface area (TPSA) is 99.3 Å². The van der Waals surface area contributed by atoms with Gasteiger partial charge in [-0.3, -0.25) is 4.79 Å². The summed E-state index contributed by atoms with van der Waals surface area (Å²) < 4.78 is 2.12. The van der Waals surface area contributed by atoms with Crippen molar-refractivity contribution in [1.82, 2.24) is 4.57 Å². The monoisotopic (exact) mass is 577 g/mol. The second-order valence-electron chi connectivity index (χ2n) is 9.47. The number of oxime groups is 2. The third-order valence-corrected chi connectivity index (χ3v) is 7.39. The Morgan fingerprint density at radius 2 is 1.36 bits per heavy atom. The lowest BCUT2D eigenvalue weighted by atomic mass is 10.0. The van der Waals surface area contributed by atoms with E-state index in [4.69, 9.17) is 9.68 Å². The van der Waals surface area contributed by atoms with Crippen LogP contribution in [0.5, 0.6) is 0 Å². The van der Waals surface area contributed by atoms with Gasteiger partial charge >= 0.3 is 11.9 Å². The van der Waals surface area contributed by atoms with Gasteiger partial charge in [-0.25, -0.2) is 9.59 Å². The number of nitrogens with zero attached hydrogens (tertiary/aromatic N) is 3. The molecule has 0 fully saturated rings. The smallest absolute Gasteiger partial charge is 0.318 e. The van der Waals surface area contributed by atoms with Crippen LogP contribution in [-0.4, -0.2) is 33.7 Å². The number of fused-ring (bicyclic) bond motifs is 3. The number of ketones is 1. The van der Waals surface area contributed by atoms with Crippen LogP contribution in [-0.2, 0) is 19.3 Å². The molecule has 0 radical (unpaired) electrons. The molecule has 0 saturated heterocycles. The van der Waals surface area contributed by atoms with Crippen LogP contribution in [0.3, 0.4) is 0 Å². The Morgan fingerprint density at radius 3 is 1.95 bits per heavy atom. The lowest BCUT2D eigenvalue weighted by molar-refractivity contribution is -0.141. The van der Waals surface area contributed by atoms with E-state index in [9.17, 15) is 14.4 Å². The largest absolute Gasteiger partial charge is 0.332 e. The molecule has 0 aliphatic rings. The van der Waals surface area contributed by atoms with Crippen molar-refractivity contribution in [2.75, 3.05) is 0 Å². The zero-order chi connectivity index (χ0) is 29.8. The molecule has 5 rings (SSSR count). The summed E-state index contributed by atoms with van der Waals surface area (Å²) >= 11 is 1.41. The summed E-state index contributed by atoms with van der Waals surface area (Å²) in [7, 11) is 0. The lowest BCUT2D eigenvalue weighted by Gasteiger charge is -2.10. The highest BCUT2D eigenvalue weighted by atomic mass is 32.1. The van der Waals surface area contributed by atoms with Crippen LogP contribution in [0, 0.1) is 0 Å². The number of hydrogen-bond acceptors (Lipinski definition) is 8. The average molecular weight is 578 g/mol. The van der Waals surface area contributed by atoms with Crippen LogP contribution in [0.25, 0.3) is 27.5 Å². The van der Waals surface area contributed by atoms with E-state index in [0.717, 1.165) is 38.6 Å². The van der Waals surface area contributed by atoms with Gasteiger partial charge in [0.2, 0.25) is 5.78 Å². The minimum Gasteiger partial charge on any atom is -0.318 e. The predicted molar refractivity (Wildman–Crippen MR) is 166 cm³/mol. The summed E-state index contributed by atoms with van der Waals surface area (Å²) in [6, 6.07) is 23.0. The molecule has 8 nitrogen and oxygen atoms in total. The zero-order valence-electron chi connectivity index (χ0n) is 23.5. The standard InChI is InChI=1S/C33H27N3O5S/c1-5-7-29(35-41-22(4)38)24-11-15-30-27(18-24)28-19-25(33(39)32-8-6-17-42-32)12-16-31(28)36(30)26-13-9-23(10-14-26)20(2)34-40-21(3)37/h5-19H,1-4H3. The van der Waals surface area contributed by atoms with Crippen molar-refractivity contribution in [2.45, 2.75) is 27.7 Å². The molecule has 0 bridgehead atoms. The van der Waals surface area contributed by atoms with E-state index < -0.39 is 11.9 Å². The quantitative estimate of drug-likeness (QED) is 0.0840. The molecule has 0 spiro atoms. The molecular formula is C33H27N3O5S. The number of carbonyl (C=O) groups excluding carboxylic acids is 3. The van der Waals surface area contributed by atoms with Crippen LogP contribution in [0.1, 0.15) is 54.1 Å². The van der Waals surface area contributed by atoms with E-state index in [-0.39, 0.29) is 5.78 Å². The summed E-state index contributed by atoms with van der Waals surface area (Å²) in [5.41, 5.74) is 5.94. The third-order valence-electron chi connectivity index (χ3n) is 6.52. The van der Waals surface area contributed by atoms with Crippen molar-refractivity contribution < 1.29 is 24.1 Å². The van der Waals surface area contributed by atoms with Crippen molar-refractivity contribution in [3.05, 3.63) is 112 Å². The lowest BCUT2D eigenvalue weighted by Crippen LogP contribution is -2.02. The summed E-state index contributed by atoms with van der Waals surface area (Å²) in [6.07, 6.45) is 3.59. The van der Waals surface area contributed by atoms with Gasteiger partial charge in [-0.05, 0) is 79.4 Å². The molecule has 9 heteroatoms. The summed E-state index contributed by atoms with van der Waals surface area (Å²) in [4.78, 5) is 46.3. The number of rotatable bonds is 8. The normalized spacial score (nSPS) is 12.3. The Hall–Kier alpha value is -5.15. The van der Waals surface area contributed by atoms with E-state index in [1.165, 1.54) is 25.2 Å². The maximum atomic E-state index is 13.3. The van der Waals surface area contributed by atoms with Crippen LogP contribution in [0.2, 0.25) is 0 Å². The van der Waals surface area contributed by atoms with Crippen LogP contribution >= 0.6 is 11.3 Å². The fourth-order valence-electron chi connectivity index (χ4n) is 4.64. The van der Waals surface area contributed by atoms with Gasteiger partial charge in [0, 0.05) is 41.4 Å². The molecule has 0 atom stereocenters. The molecule has 0 amide bonds. The molecule has 3 aromatic carbocycles. The van der Waals surface area contributed by atoms with Crippen molar-refractivity contribution >= 4 is 62.3 Å². The summed E-state index contributed by atoms with van der Waals surface area (Å²) in [5, 5.41) is 11.6. The maximum absolute atomic E-state index is 13.3. The number of carbonyl (C=O) groups is 3. The molecule has 5 aromatic rings. The maximum Gasteiger partial charge on any atom is 0.332 e. The van der Waals surface area contributed by atoms with Gasteiger partial charge in [0.15, 0.2) is 0 Å². The Labute approximate surface area is 246 Å². The number of hydrogen-bond donors (Lipinski definition) is 0. The van der Waals surface area contributed by atoms with Crippen LogP contribution in [0.15, 0.2) is 101 Å². The molecule has 2 heterocycles. The predicted octanol–water partition coefficient (Wildman–Crippen LogP) is 7.21. The van der Waals surface area contributed by atoms with E-state index >= 15 is 0 Å². The third kappa shape index (κ3) is 5.82. The van der Waals surface area contributed by atoms with E-state index in [0.29, 0.717) is 21.9 Å².